The van der Waals surface area contributed by atoms with Crippen LogP contribution in [0, 0.1) is 12.3 Å². The highest BCUT2D eigenvalue weighted by atomic mass is 16.5. The monoisotopic (exact) mass is 360 g/mol. The predicted molar refractivity (Wildman–Crippen MR) is 97.8 cm³/mol. The van der Waals surface area contributed by atoms with Gasteiger partial charge in [-0.2, -0.15) is 0 Å². The van der Waals surface area contributed by atoms with Crippen LogP contribution in [-0.2, 0) is 9.59 Å². The fourth-order valence-corrected chi connectivity index (χ4v) is 4.13. The Bertz CT molecular complexity index is 663. The van der Waals surface area contributed by atoms with Crippen molar-refractivity contribution < 1.29 is 19.4 Å². The van der Waals surface area contributed by atoms with Crippen LogP contribution < -0.4 is 4.74 Å². The van der Waals surface area contributed by atoms with Crippen molar-refractivity contribution in [2.75, 3.05) is 39.4 Å². The Balaban J connectivity index is 1.60. The number of hydrogen-bond donors (Lipinski definition) is 1. The van der Waals surface area contributed by atoms with Crippen LogP contribution >= 0.6 is 0 Å². The van der Waals surface area contributed by atoms with Crippen LogP contribution in [0.3, 0.4) is 0 Å². The minimum atomic E-state index is -0.0420. The minimum Gasteiger partial charge on any atom is -0.484 e. The Hall–Kier alpha value is -2.08. The highest BCUT2D eigenvalue weighted by molar-refractivity contribution is 5.79. The Morgan fingerprint density at radius 2 is 2.08 bits per heavy atom. The van der Waals surface area contributed by atoms with Gasteiger partial charge in [0.25, 0.3) is 5.91 Å². The largest absolute Gasteiger partial charge is 0.484 e. The zero-order valence-electron chi connectivity index (χ0n) is 15.4. The van der Waals surface area contributed by atoms with Gasteiger partial charge in [-0.15, -0.1) is 0 Å². The van der Waals surface area contributed by atoms with Crippen LogP contribution in [-0.4, -0.2) is 66.1 Å². The van der Waals surface area contributed by atoms with Crippen molar-refractivity contribution in [3.8, 4) is 5.75 Å². The van der Waals surface area contributed by atoms with Crippen molar-refractivity contribution in [1.82, 2.24) is 9.80 Å². The molecule has 0 aromatic heterocycles. The maximum Gasteiger partial charge on any atom is 0.260 e. The Labute approximate surface area is 154 Å². The van der Waals surface area contributed by atoms with E-state index in [1.165, 1.54) is 0 Å². The van der Waals surface area contributed by atoms with Gasteiger partial charge in [-0.05, 0) is 37.8 Å². The molecule has 2 saturated heterocycles. The maximum atomic E-state index is 12.7. The second kappa shape index (κ2) is 8.08. The summed E-state index contributed by atoms with van der Waals surface area (Å²) in [7, 11) is 0. The van der Waals surface area contributed by atoms with E-state index in [4.69, 9.17) is 4.74 Å². The molecule has 2 fully saturated rings. The fourth-order valence-electron chi connectivity index (χ4n) is 4.13. The average molecular weight is 360 g/mol. The van der Waals surface area contributed by atoms with Crippen LogP contribution in [0.25, 0.3) is 0 Å². The summed E-state index contributed by atoms with van der Waals surface area (Å²) in [4.78, 5) is 28.3. The second-order valence-electron chi connectivity index (χ2n) is 7.51. The molecule has 2 aliphatic rings. The second-order valence-corrected chi connectivity index (χ2v) is 7.51. The molecule has 2 amide bonds. The smallest absolute Gasteiger partial charge is 0.260 e. The average Bonchev–Trinajstić information content (AvgIpc) is 2.64. The number of carbonyl (C=O) groups is 2. The summed E-state index contributed by atoms with van der Waals surface area (Å²) in [6, 6.07) is 7.68. The number of benzene rings is 1. The number of carbonyl (C=O) groups excluding carboxylic acids is 2. The van der Waals surface area contributed by atoms with E-state index in [-0.39, 0.29) is 30.4 Å². The lowest BCUT2D eigenvalue weighted by atomic mass is 9.73. The molecule has 3 rings (SSSR count). The Kier molecular flexibility index (Phi) is 5.81. The highest BCUT2D eigenvalue weighted by Crippen LogP contribution is 2.38. The van der Waals surface area contributed by atoms with Crippen molar-refractivity contribution in [2.45, 2.75) is 32.6 Å². The molecule has 1 N–H and O–H groups in total. The number of aryl methyl sites for hydroxylation is 1. The highest BCUT2D eigenvalue weighted by Gasteiger charge is 2.42. The molecule has 1 atom stereocenters. The van der Waals surface area contributed by atoms with Gasteiger partial charge in [-0.1, -0.05) is 18.2 Å². The number of hydrogen-bond acceptors (Lipinski definition) is 4. The normalized spacial score (nSPS) is 23.4. The first-order chi connectivity index (χ1) is 12.5. The molecular formula is C20H28N2O4. The Morgan fingerprint density at radius 3 is 2.85 bits per heavy atom. The van der Waals surface area contributed by atoms with Crippen LogP contribution in [0.15, 0.2) is 24.3 Å². The van der Waals surface area contributed by atoms with Crippen LogP contribution in [0.4, 0.5) is 0 Å². The first kappa shape index (κ1) is 18.7. The van der Waals surface area contributed by atoms with Crippen LogP contribution in [0.2, 0.25) is 0 Å². The topological polar surface area (TPSA) is 70.1 Å². The van der Waals surface area contributed by atoms with E-state index in [2.05, 4.69) is 0 Å². The van der Waals surface area contributed by atoms with Crippen LogP contribution in [0.5, 0.6) is 5.75 Å². The van der Waals surface area contributed by atoms with Gasteiger partial charge in [-0.3, -0.25) is 9.59 Å². The molecule has 6 nitrogen and oxygen atoms in total. The summed E-state index contributed by atoms with van der Waals surface area (Å²) >= 11 is 0. The van der Waals surface area contributed by atoms with Crippen molar-refractivity contribution in [2.24, 2.45) is 5.41 Å². The third-order valence-electron chi connectivity index (χ3n) is 5.58. The van der Waals surface area contributed by atoms with E-state index in [9.17, 15) is 14.7 Å². The van der Waals surface area contributed by atoms with E-state index < -0.39 is 0 Å². The number of piperidine rings is 2. The molecule has 1 aromatic rings. The molecule has 0 aliphatic carbocycles. The number of rotatable bonds is 5. The van der Waals surface area contributed by atoms with E-state index >= 15 is 0 Å². The minimum absolute atomic E-state index is 0.00191. The summed E-state index contributed by atoms with van der Waals surface area (Å²) < 4.78 is 5.72. The molecule has 0 radical (unpaired) electrons. The van der Waals surface area contributed by atoms with E-state index in [0.29, 0.717) is 26.1 Å². The zero-order chi connectivity index (χ0) is 18.6. The van der Waals surface area contributed by atoms with E-state index in [0.717, 1.165) is 37.1 Å². The van der Waals surface area contributed by atoms with Gasteiger partial charge >= 0.3 is 0 Å². The van der Waals surface area contributed by atoms with E-state index in [1.54, 1.807) is 4.90 Å². The van der Waals surface area contributed by atoms with Gasteiger partial charge in [0.2, 0.25) is 5.91 Å². The number of aliphatic hydroxyl groups is 1. The summed E-state index contributed by atoms with van der Waals surface area (Å²) in [5.74, 6) is 0.846. The van der Waals surface area contributed by atoms with Gasteiger partial charge in [-0.25, -0.2) is 0 Å². The molecule has 0 bridgehead atoms. The zero-order valence-corrected chi connectivity index (χ0v) is 15.4. The molecule has 1 spiro atoms. The quantitative estimate of drug-likeness (QED) is 0.866. The lowest BCUT2D eigenvalue weighted by Gasteiger charge is -2.48. The predicted octanol–water partition coefficient (Wildman–Crippen LogP) is 1.60. The molecule has 2 aliphatic heterocycles. The van der Waals surface area contributed by atoms with Crippen molar-refractivity contribution in [3.63, 3.8) is 0 Å². The lowest BCUT2D eigenvalue weighted by Crippen LogP contribution is -2.56. The molecule has 0 saturated carbocycles. The summed E-state index contributed by atoms with van der Waals surface area (Å²) in [6.45, 7) is 4.41. The SMILES string of the molecule is Cc1ccccc1OCC(=O)N1CCC[C@@]2(CCC(=O)N(CCO)C2)C1. The molecule has 2 heterocycles. The van der Waals surface area contributed by atoms with Gasteiger partial charge < -0.3 is 19.6 Å². The number of likely N-dealkylation sites (tertiary alicyclic amines) is 2. The lowest BCUT2D eigenvalue weighted by molar-refractivity contribution is -0.144. The summed E-state index contributed by atoms with van der Waals surface area (Å²) in [5, 5.41) is 9.19. The molecular weight excluding hydrogens is 332 g/mol. The molecule has 142 valence electrons. The standard InChI is InChI=1S/C20H28N2O4/c1-16-5-2-3-6-17(16)26-13-19(25)21-10-4-8-20(14-21)9-7-18(24)22(15-20)11-12-23/h2-3,5-6,23H,4,7-15H2,1H3/t20-/m1/s1. The first-order valence-electron chi connectivity index (χ1n) is 9.38. The Morgan fingerprint density at radius 1 is 1.27 bits per heavy atom. The number of β-amino-alcohol motifs (C(OH)–C–C–N with tert-alkyl or cyclic N) is 1. The fraction of sp³-hybridized carbons (Fsp3) is 0.600. The molecule has 26 heavy (non-hydrogen) atoms. The van der Waals surface area contributed by atoms with Crippen molar-refractivity contribution in [3.05, 3.63) is 29.8 Å². The maximum absolute atomic E-state index is 12.7. The van der Waals surface area contributed by atoms with Gasteiger partial charge in [0.05, 0.1) is 6.61 Å². The molecule has 1 aromatic carbocycles. The van der Waals surface area contributed by atoms with Crippen molar-refractivity contribution >= 4 is 11.8 Å². The third-order valence-corrected chi connectivity index (χ3v) is 5.58. The third kappa shape index (κ3) is 4.18. The number of para-hydroxylation sites is 1. The number of aliphatic hydroxyl groups excluding tert-OH is 1. The van der Waals surface area contributed by atoms with Gasteiger partial charge in [0.1, 0.15) is 5.75 Å². The summed E-state index contributed by atoms with van der Waals surface area (Å²) in [6.07, 6.45) is 3.28. The first-order valence-corrected chi connectivity index (χ1v) is 9.38. The number of amides is 2. The molecule has 6 heteroatoms. The van der Waals surface area contributed by atoms with E-state index in [1.807, 2.05) is 36.1 Å². The van der Waals surface area contributed by atoms with Crippen molar-refractivity contribution in [1.29, 1.82) is 0 Å². The van der Waals surface area contributed by atoms with Crippen LogP contribution in [0.1, 0.15) is 31.2 Å². The number of ether oxygens (including phenoxy) is 1. The number of nitrogens with zero attached hydrogens (tertiary/aromatic N) is 2. The van der Waals surface area contributed by atoms with Gasteiger partial charge in [0, 0.05) is 38.0 Å². The molecule has 0 unspecified atom stereocenters. The summed E-state index contributed by atoms with van der Waals surface area (Å²) in [5.41, 5.74) is 0.973. The van der Waals surface area contributed by atoms with Gasteiger partial charge in [0.15, 0.2) is 6.61 Å².